The summed E-state index contributed by atoms with van der Waals surface area (Å²) < 4.78 is 0. The van der Waals surface area contributed by atoms with Gasteiger partial charge in [0.15, 0.2) is 0 Å². The second-order valence-corrected chi connectivity index (χ2v) is 8.07. The smallest absolute Gasteiger partial charge is 0.0668 e. The minimum absolute atomic E-state index is 0.291. The zero-order valence-corrected chi connectivity index (χ0v) is 12.8. The Labute approximate surface area is 117 Å². The zero-order valence-electron chi connectivity index (χ0n) is 12.0. The first-order chi connectivity index (χ1) is 8.72. The van der Waals surface area contributed by atoms with E-state index in [9.17, 15) is 5.11 Å². The number of hydrogen-bond acceptors (Lipinski definition) is 2. The zero-order chi connectivity index (χ0) is 12.8. The summed E-state index contributed by atoms with van der Waals surface area (Å²) in [5.41, 5.74) is -0.291. The summed E-state index contributed by atoms with van der Waals surface area (Å²) in [4.78, 5) is 0. The van der Waals surface area contributed by atoms with Gasteiger partial charge >= 0.3 is 0 Å². The highest BCUT2D eigenvalue weighted by Crippen LogP contribution is 2.48. The summed E-state index contributed by atoms with van der Waals surface area (Å²) in [5, 5.41) is 12.2. The van der Waals surface area contributed by atoms with Crippen LogP contribution in [0.25, 0.3) is 0 Å². The van der Waals surface area contributed by atoms with E-state index < -0.39 is 0 Å². The molecular weight excluding hydrogens is 240 g/mol. The van der Waals surface area contributed by atoms with Crippen molar-refractivity contribution in [2.75, 3.05) is 0 Å². The van der Waals surface area contributed by atoms with Crippen molar-refractivity contribution in [1.29, 1.82) is 0 Å². The first-order valence-electron chi connectivity index (χ1n) is 8.10. The Bertz CT molecular complexity index is 229. The summed E-state index contributed by atoms with van der Waals surface area (Å²) in [7, 11) is 0. The van der Waals surface area contributed by atoms with Gasteiger partial charge in [-0.15, -0.1) is 0 Å². The monoisotopic (exact) mass is 270 g/mol. The molecule has 0 aliphatic carbocycles. The number of fused-ring (bicyclic) bond motifs is 2. The Morgan fingerprint density at radius 1 is 0.944 bits per heavy atom. The van der Waals surface area contributed by atoms with Crippen LogP contribution in [-0.4, -0.2) is 21.2 Å². The molecule has 1 nitrogen and oxygen atoms in total. The van der Waals surface area contributed by atoms with Crippen molar-refractivity contribution >= 4 is 11.8 Å². The molecule has 2 heterocycles. The molecule has 0 amide bonds. The largest absolute Gasteiger partial charge is 0.390 e. The minimum atomic E-state index is -0.291. The molecule has 0 aromatic rings. The van der Waals surface area contributed by atoms with Crippen molar-refractivity contribution in [3.05, 3.63) is 0 Å². The standard InChI is InChI=1S/C16H30OS/c1-2-3-4-5-6-7-8-11-16(17)12-14-9-10-15(13-16)18-14/h14-15,17H,2-13H2,1H3. The fourth-order valence-electron chi connectivity index (χ4n) is 3.63. The van der Waals surface area contributed by atoms with E-state index in [0.717, 1.165) is 29.8 Å². The van der Waals surface area contributed by atoms with Crippen LogP contribution in [0.2, 0.25) is 0 Å². The molecule has 0 saturated carbocycles. The van der Waals surface area contributed by atoms with Crippen molar-refractivity contribution in [3.8, 4) is 0 Å². The summed E-state index contributed by atoms with van der Waals surface area (Å²) in [6.07, 6.45) is 15.4. The lowest BCUT2D eigenvalue weighted by molar-refractivity contribution is 0.0130. The van der Waals surface area contributed by atoms with Crippen molar-refractivity contribution in [2.45, 2.75) is 100 Å². The van der Waals surface area contributed by atoms with E-state index in [1.54, 1.807) is 0 Å². The third-order valence-electron chi connectivity index (χ3n) is 4.66. The molecule has 0 spiro atoms. The van der Waals surface area contributed by atoms with Crippen molar-refractivity contribution < 1.29 is 5.11 Å². The lowest BCUT2D eigenvalue weighted by Crippen LogP contribution is -2.37. The first-order valence-corrected chi connectivity index (χ1v) is 9.04. The Hall–Kier alpha value is 0.310. The molecule has 0 aromatic carbocycles. The van der Waals surface area contributed by atoms with Crippen molar-refractivity contribution in [2.24, 2.45) is 0 Å². The van der Waals surface area contributed by atoms with Crippen LogP contribution >= 0.6 is 11.8 Å². The number of unbranched alkanes of at least 4 members (excludes halogenated alkanes) is 6. The SMILES string of the molecule is CCCCCCCCCC1(O)CC2CCC(C1)S2. The molecule has 0 aromatic heterocycles. The first kappa shape index (κ1) is 14.7. The van der Waals surface area contributed by atoms with Crippen LogP contribution in [0.5, 0.6) is 0 Å². The number of thioether (sulfide) groups is 1. The van der Waals surface area contributed by atoms with Gasteiger partial charge in [0.25, 0.3) is 0 Å². The highest BCUT2D eigenvalue weighted by Gasteiger charge is 2.42. The van der Waals surface area contributed by atoms with Crippen LogP contribution in [0.15, 0.2) is 0 Å². The molecule has 0 radical (unpaired) electrons. The second-order valence-electron chi connectivity index (χ2n) is 6.46. The van der Waals surface area contributed by atoms with Crippen LogP contribution in [-0.2, 0) is 0 Å². The van der Waals surface area contributed by atoms with Crippen LogP contribution in [0, 0.1) is 0 Å². The van der Waals surface area contributed by atoms with Gasteiger partial charge in [0.05, 0.1) is 5.60 Å². The fourth-order valence-corrected chi connectivity index (χ4v) is 5.53. The van der Waals surface area contributed by atoms with Crippen molar-refractivity contribution in [3.63, 3.8) is 0 Å². The molecule has 2 saturated heterocycles. The molecule has 106 valence electrons. The third kappa shape index (κ3) is 4.45. The van der Waals surface area contributed by atoms with E-state index in [2.05, 4.69) is 18.7 Å². The number of rotatable bonds is 8. The van der Waals surface area contributed by atoms with Crippen LogP contribution in [0.3, 0.4) is 0 Å². The maximum absolute atomic E-state index is 10.7. The average molecular weight is 270 g/mol. The van der Waals surface area contributed by atoms with Gasteiger partial charge in [-0.3, -0.25) is 0 Å². The molecule has 2 bridgehead atoms. The van der Waals surface area contributed by atoms with Crippen LogP contribution in [0.4, 0.5) is 0 Å². The van der Waals surface area contributed by atoms with Gasteiger partial charge in [0, 0.05) is 10.5 Å². The summed E-state index contributed by atoms with van der Waals surface area (Å²) in [6, 6.07) is 0. The Morgan fingerprint density at radius 2 is 1.50 bits per heavy atom. The summed E-state index contributed by atoms with van der Waals surface area (Å²) >= 11 is 2.15. The summed E-state index contributed by atoms with van der Waals surface area (Å²) in [5.74, 6) is 0. The van der Waals surface area contributed by atoms with E-state index >= 15 is 0 Å². The van der Waals surface area contributed by atoms with E-state index in [4.69, 9.17) is 0 Å². The minimum Gasteiger partial charge on any atom is -0.390 e. The highest BCUT2D eigenvalue weighted by molar-refractivity contribution is 8.00. The maximum atomic E-state index is 10.7. The van der Waals surface area contributed by atoms with Gasteiger partial charge in [0.1, 0.15) is 0 Å². The normalized spacial score (nSPS) is 35.0. The van der Waals surface area contributed by atoms with Crippen LogP contribution < -0.4 is 0 Å². The number of aliphatic hydroxyl groups is 1. The molecule has 2 aliphatic rings. The van der Waals surface area contributed by atoms with E-state index in [-0.39, 0.29) is 5.60 Å². The maximum Gasteiger partial charge on any atom is 0.0668 e. The molecule has 2 aliphatic heterocycles. The topological polar surface area (TPSA) is 20.2 Å². The second kappa shape index (κ2) is 7.19. The molecular formula is C16H30OS. The molecule has 2 atom stereocenters. The predicted molar refractivity (Wildman–Crippen MR) is 81.2 cm³/mol. The molecule has 18 heavy (non-hydrogen) atoms. The molecule has 2 rings (SSSR count). The van der Waals surface area contributed by atoms with Crippen LogP contribution in [0.1, 0.15) is 84.0 Å². The molecule has 1 N–H and O–H groups in total. The van der Waals surface area contributed by atoms with E-state index in [1.807, 2.05) is 0 Å². The Morgan fingerprint density at radius 3 is 2.11 bits per heavy atom. The quantitative estimate of drug-likeness (QED) is 0.632. The third-order valence-corrected chi connectivity index (χ3v) is 6.23. The Balaban J connectivity index is 1.56. The van der Waals surface area contributed by atoms with Gasteiger partial charge in [-0.25, -0.2) is 0 Å². The highest BCUT2D eigenvalue weighted by atomic mass is 32.2. The van der Waals surface area contributed by atoms with Gasteiger partial charge in [0.2, 0.25) is 0 Å². The molecule has 2 unspecified atom stereocenters. The van der Waals surface area contributed by atoms with E-state index in [1.165, 1.54) is 57.8 Å². The predicted octanol–water partition coefficient (Wildman–Crippen LogP) is 4.92. The van der Waals surface area contributed by atoms with E-state index in [0.29, 0.717) is 0 Å². The fraction of sp³-hybridized carbons (Fsp3) is 1.00. The van der Waals surface area contributed by atoms with Gasteiger partial charge in [-0.2, -0.15) is 11.8 Å². The van der Waals surface area contributed by atoms with Gasteiger partial charge in [-0.1, -0.05) is 51.9 Å². The molecule has 2 fully saturated rings. The summed E-state index contributed by atoms with van der Waals surface area (Å²) in [6.45, 7) is 2.27. The van der Waals surface area contributed by atoms with Gasteiger partial charge in [-0.05, 0) is 32.1 Å². The van der Waals surface area contributed by atoms with Crippen molar-refractivity contribution in [1.82, 2.24) is 0 Å². The lowest BCUT2D eigenvalue weighted by atomic mass is 9.87. The Kier molecular flexibility index (Phi) is 5.88. The lowest BCUT2D eigenvalue weighted by Gasteiger charge is -2.36. The number of hydrogen-bond donors (Lipinski definition) is 1. The average Bonchev–Trinajstić information content (AvgIpc) is 2.68. The molecule has 2 heteroatoms. The van der Waals surface area contributed by atoms with Gasteiger partial charge < -0.3 is 5.11 Å².